The number of rotatable bonds is 6. The first-order valence-corrected chi connectivity index (χ1v) is 8.81. The number of ether oxygens (including phenoxy) is 1. The van der Waals surface area contributed by atoms with E-state index >= 15 is 0 Å². The summed E-state index contributed by atoms with van der Waals surface area (Å²) in [6, 6.07) is 20.0. The molecule has 0 aliphatic heterocycles. The number of nitrogens with one attached hydrogen (secondary N) is 2. The van der Waals surface area contributed by atoms with Gasteiger partial charge in [0.25, 0.3) is 11.8 Å². The molecule has 0 fully saturated rings. The molecule has 0 saturated carbocycles. The molecule has 0 bridgehead atoms. The summed E-state index contributed by atoms with van der Waals surface area (Å²) in [7, 11) is 1.53. The van der Waals surface area contributed by atoms with E-state index in [1.165, 1.54) is 7.05 Å². The van der Waals surface area contributed by atoms with Crippen molar-refractivity contribution in [2.24, 2.45) is 0 Å². The molecule has 0 unspecified atom stereocenters. The summed E-state index contributed by atoms with van der Waals surface area (Å²) in [6.07, 6.45) is 0.0841. The molecule has 0 atom stereocenters. The smallest absolute Gasteiger partial charge is 0.310 e. The number of hydrogen-bond donors (Lipinski definition) is 2. The van der Waals surface area contributed by atoms with E-state index in [1.807, 2.05) is 42.5 Å². The van der Waals surface area contributed by atoms with Crippen LogP contribution >= 0.6 is 0 Å². The van der Waals surface area contributed by atoms with Gasteiger partial charge in [-0.2, -0.15) is 0 Å². The van der Waals surface area contributed by atoms with Crippen LogP contribution in [0, 0.1) is 0 Å². The fourth-order valence-corrected chi connectivity index (χ4v) is 2.88. The Bertz CT molecular complexity index is 1020. The van der Waals surface area contributed by atoms with Crippen molar-refractivity contribution in [2.45, 2.75) is 6.42 Å². The standard InChI is InChI=1S/C22H20N2O4/c1-23-22(27)17-9-5-10-18(12-17)24-20(25)14-28-21(26)13-16-8-4-7-15-6-2-3-11-19(15)16/h2-12H,13-14H2,1H3,(H,23,27)(H,24,25). The molecule has 0 spiro atoms. The van der Waals surface area contributed by atoms with Crippen LogP contribution < -0.4 is 10.6 Å². The summed E-state index contributed by atoms with van der Waals surface area (Å²) in [5.74, 6) is -1.21. The molecule has 3 aromatic rings. The Labute approximate surface area is 162 Å². The molecule has 3 rings (SSSR count). The van der Waals surface area contributed by atoms with Gasteiger partial charge >= 0.3 is 5.97 Å². The fourth-order valence-electron chi connectivity index (χ4n) is 2.88. The highest BCUT2D eigenvalue weighted by atomic mass is 16.5. The summed E-state index contributed by atoms with van der Waals surface area (Å²) < 4.78 is 5.10. The molecule has 6 nitrogen and oxygen atoms in total. The van der Waals surface area contributed by atoms with Crippen molar-refractivity contribution < 1.29 is 19.1 Å². The average Bonchev–Trinajstić information content (AvgIpc) is 2.72. The molecule has 2 N–H and O–H groups in total. The van der Waals surface area contributed by atoms with Crippen LogP contribution in [0.25, 0.3) is 10.8 Å². The molecule has 3 aromatic carbocycles. The molecule has 0 aliphatic rings. The maximum absolute atomic E-state index is 12.1. The van der Waals surface area contributed by atoms with Crippen molar-refractivity contribution >= 4 is 34.2 Å². The van der Waals surface area contributed by atoms with E-state index in [0.29, 0.717) is 11.3 Å². The predicted molar refractivity (Wildman–Crippen MR) is 107 cm³/mol. The first kappa shape index (κ1) is 19.1. The molecule has 0 aliphatic carbocycles. The number of esters is 1. The Hall–Kier alpha value is -3.67. The summed E-state index contributed by atoms with van der Waals surface area (Å²) in [4.78, 5) is 35.8. The molecular weight excluding hydrogens is 356 g/mol. The van der Waals surface area contributed by atoms with Crippen molar-refractivity contribution in [1.82, 2.24) is 5.32 Å². The van der Waals surface area contributed by atoms with Gasteiger partial charge in [0, 0.05) is 18.3 Å². The minimum atomic E-state index is -0.481. The highest BCUT2D eigenvalue weighted by molar-refractivity contribution is 5.97. The highest BCUT2D eigenvalue weighted by Gasteiger charge is 2.11. The van der Waals surface area contributed by atoms with E-state index in [4.69, 9.17) is 4.74 Å². The van der Waals surface area contributed by atoms with Gasteiger partial charge in [0.15, 0.2) is 6.61 Å². The molecule has 0 radical (unpaired) electrons. The van der Waals surface area contributed by atoms with Crippen molar-refractivity contribution in [2.75, 3.05) is 19.0 Å². The number of anilines is 1. The van der Waals surface area contributed by atoms with E-state index in [1.54, 1.807) is 24.3 Å². The highest BCUT2D eigenvalue weighted by Crippen LogP contribution is 2.19. The molecular formula is C22H20N2O4. The minimum Gasteiger partial charge on any atom is -0.455 e. The monoisotopic (exact) mass is 376 g/mol. The minimum absolute atomic E-state index is 0.0841. The second-order valence-corrected chi connectivity index (χ2v) is 6.18. The first-order chi connectivity index (χ1) is 13.6. The van der Waals surface area contributed by atoms with E-state index in [-0.39, 0.29) is 12.3 Å². The molecule has 0 saturated heterocycles. The number of hydrogen-bond acceptors (Lipinski definition) is 4. The molecule has 0 aromatic heterocycles. The number of amides is 2. The van der Waals surface area contributed by atoms with Gasteiger partial charge in [0.2, 0.25) is 0 Å². The van der Waals surface area contributed by atoms with Crippen molar-refractivity contribution in [3.63, 3.8) is 0 Å². The SMILES string of the molecule is CNC(=O)c1cccc(NC(=O)COC(=O)Cc2cccc3ccccc23)c1. The lowest BCUT2D eigenvalue weighted by Crippen LogP contribution is -2.22. The van der Waals surface area contributed by atoms with Crippen molar-refractivity contribution in [3.8, 4) is 0 Å². The second kappa shape index (κ2) is 8.81. The van der Waals surface area contributed by atoms with Gasteiger partial charge in [-0.05, 0) is 34.5 Å². The summed E-state index contributed by atoms with van der Waals surface area (Å²) in [6.45, 7) is -0.395. The van der Waals surface area contributed by atoms with Crippen LogP contribution in [0.3, 0.4) is 0 Å². The lowest BCUT2D eigenvalue weighted by atomic mass is 10.0. The zero-order chi connectivity index (χ0) is 19.9. The first-order valence-electron chi connectivity index (χ1n) is 8.81. The Kier molecular flexibility index (Phi) is 6.01. The number of carbonyl (C=O) groups is 3. The van der Waals surface area contributed by atoms with Crippen LogP contribution in [0.2, 0.25) is 0 Å². The van der Waals surface area contributed by atoms with Crippen LogP contribution in [0.5, 0.6) is 0 Å². The Balaban J connectivity index is 1.56. The maximum atomic E-state index is 12.1. The Morgan fingerprint density at radius 1 is 0.929 bits per heavy atom. The van der Waals surface area contributed by atoms with Gasteiger partial charge in [0.05, 0.1) is 6.42 Å². The van der Waals surface area contributed by atoms with Crippen LogP contribution in [0.4, 0.5) is 5.69 Å². The fraction of sp³-hybridized carbons (Fsp3) is 0.136. The van der Waals surface area contributed by atoms with E-state index in [2.05, 4.69) is 10.6 Å². The summed E-state index contributed by atoms with van der Waals surface area (Å²) in [5.41, 5.74) is 1.73. The third-order valence-corrected chi connectivity index (χ3v) is 4.21. The normalized spacial score (nSPS) is 10.3. The average molecular weight is 376 g/mol. The predicted octanol–water partition coefficient (Wildman–Crippen LogP) is 2.92. The lowest BCUT2D eigenvalue weighted by Gasteiger charge is -2.09. The molecule has 28 heavy (non-hydrogen) atoms. The van der Waals surface area contributed by atoms with Crippen molar-refractivity contribution in [3.05, 3.63) is 77.9 Å². The Morgan fingerprint density at radius 2 is 1.68 bits per heavy atom. The van der Waals surface area contributed by atoms with Gasteiger partial charge in [-0.3, -0.25) is 14.4 Å². The molecule has 2 amide bonds. The molecule has 0 heterocycles. The third kappa shape index (κ3) is 4.73. The van der Waals surface area contributed by atoms with Gasteiger partial charge in [-0.25, -0.2) is 0 Å². The van der Waals surface area contributed by atoms with Crippen LogP contribution in [-0.4, -0.2) is 31.4 Å². The van der Waals surface area contributed by atoms with E-state index < -0.39 is 18.5 Å². The second-order valence-electron chi connectivity index (χ2n) is 6.18. The largest absolute Gasteiger partial charge is 0.455 e. The zero-order valence-corrected chi connectivity index (χ0v) is 15.4. The quantitative estimate of drug-likeness (QED) is 0.648. The van der Waals surface area contributed by atoms with Gasteiger partial charge in [0.1, 0.15) is 0 Å². The number of carbonyl (C=O) groups excluding carboxylic acids is 3. The summed E-state index contributed by atoms with van der Waals surface area (Å²) >= 11 is 0. The maximum Gasteiger partial charge on any atom is 0.310 e. The Morgan fingerprint density at radius 3 is 2.50 bits per heavy atom. The third-order valence-electron chi connectivity index (χ3n) is 4.21. The van der Waals surface area contributed by atoms with Crippen LogP contribution in [0.1, 0.15) is 15.9 Å². The van der Waals surface area contributed by atoms with Gasteiger partial charge < -0.3 is 15.4 Å². The molecule has 6 heteroatoms. The van der Waals surface area contributed by atoms with Crippen LogP contribution in [0.15, 0.2) is 66.7 Å². The number of benzene rings is 3. The van der Waals surface area contributed by atoms with Crippen LogP contribution in [-0.2, 0) is 20.7 Å². The number of fused-ring (bicyclic) bond motifs is 1. The topological polar surface area (TPSA) is 84.5 Å². The molecule has 142 valence electrons. The summed E-state index contributed by atoms with van der Waals surface area (Å²) in [5, 5.41) is 7.16. The van der Waals surface area contributed by atoms with E-state index in [9.17, 15) is 14.4 Å². The van der Waals surface area contributed by atoms with Gasteiger partial charge in [-0.1, -0.05) is 48.5 Å². The van der Waals surface area contributed by atoms with E-state index in [0.717, 1.165) is 16.3 Å². The lowest BCUT2D eigenvalue weighted by molar-refractivity contribution is -0.146. The van der Waals surface area contributed by atoms with Crippen molar-refractivity contribution in [1.29, 1.82) is 0 Å². The zero-order valence-electron chi connectivity index (χ0n) is 15.4. The van der Waals surface area contributed by atoms with Gasteiger partial charge in [-0.15, -0.1) is 0 Å².